The zero-order chi connectivity index (χ0) is 19.2. The van der Waals surface area contributed by atoms with Gasteiger partial charge in [0.05, 0.1) is 0 Å². The summed E-state index contributed by atoms with van der Waals surface area (Å²) in [4.78, 5) is 25.6. The van der Waals surface area contributed by atoms with Crippen LogP contribution in [0.3, 0.4) is 0 Å². The lowest BCUT2D eigenvalue weighted by Crippen LogP contribution is -2.46. The average Bonchev–Trinajstić information content (AvgIpc) is 2.76. The quantitative estimate of drug-likeness (QED) is 0.745. The van der Waals surface area contributed by atoms with Gasteiger partial charge in [-0.25, -0.2) is 9.97 Å². The Bertz CT molecular complexity index is 908. The first-order valence-corrected chi connectivity index (χ1v) is 9.47. The molecule has 1 aliphatic heterocycles. The average molecular weight is 373 g/mol. The summed E-state index contributed by atoms with van der Waals surface area (Å²) in [6, 6.07) is 21.7. The fraction of sp³-hybridized carbons (Fsp3) is 0.227. The molecule has 1 saturated heterocycles. The second-order valence-corrected chi connectivity index (χ2v) is 6.83. The van der Waals surface area contributed by atoms with E-state index in [1.165, 1.54) is 11.9 Å². The molecule has 1 fully saturated rings. The fourth-order valence-electron chi connectivity index (χ4n) is 3.34. The van der Waals surface area contributed by atoms with Crippen molar-refractivity contribution in [2.45, 2.75) is 6.54 Å². The molecule has 0 bridgehead atoms. The molecule has 142 valence electrons. The zero-order valence-corrected chi connectivity index (χ0v) is 15.7. The predicted octanol–water partition coefficient (Wildman–Crippen LogP) is 3.05. The van der Waals surface area contributed by atoms with Crippen LogP contribution in [-0.2, 0) is 6.54 Å². The first-order chi connectivity index (χ1) is 13.8. The molecule has 4 rings (SSSR count). The van der Waals surface area contributed by atoms with Crippen LogP contribution >= 0.6 is 0 Å². The lowest BCUT2D eigenvalue weighted by atomic mass is 10.2. The van der Waals surface area contributed by atoms with E-state index in [4.69, 9.17) is 0 Å². The van der Waals surface area contributed by atoms with E-state index in [-0.39, 0.29) is 5.91 Å². The van der Waals surface area contributed by atoms with Gasteiger partial charge in [0.1, 0.15) is 17.8 Å². The van der Waals surface area contributed by atoms with Crippen LogP contribution in [0.4, 0.5) is 11.5 Å². The number of carbonyl (C=O) groups excluding carboxylic acids is 1. The number of carbonyl (C=O) groups is 1. The monoisotopic (exact) mass is 373 g/mol. The lowest BCUT2D eigenvalue weighted by Gasteiger charge is -2.35. The van der Waals surface area contributed by atoms with E-state index in [9.17, 15) is 4.79 Å². The number of benzene rings is 2. The highest BCUT2D eigenvalue weighted by atomic mass is 16.1. The van der Waals surface area contributed by atoms with Crippen molar-refractivity contribution in [3.8, 4) is 0 Å². The summed E-state index contributed by atoms with van der Waals surface area (Å²) in [5.74, 6) is 0.574. The van der Waals surface area contributed by atoms with Gasteiger partial charge in [0.2, 0.25) is 0 Å². The summed E-state index contributed by atoms with van der Waals surface area (Å²) in [6.07, 6.45) is 1.46. The summed E-state index contributed by atoms with van der Waals surface area (Å²) in [7, 11) is 0. The number of hydrogen-bond acceptors (Lipinski definition) is 5. The Balaban J connectivity index is 1.36. The normalized spacial score (nSPS) is 14.6. The molecule has 0 radical (unpaired) electrons. The van der Waals surface area contributed by atoms with Gasteiger partial charge in [-0.2, -0.15) is 0 Å². The number of piperazine rings is 1. The van der Waals surface area contributed by atoms with Gasteiger partial charge in [-0.1, -0.05) is 48.5 Å². The van der Waals surface area contributed by atoms with Gasteiger partial charge >= 0.3 is 0 Å². The Kier molecular flexibility index (Phi) is 5.58. The maximum Gasteiger partial charge on any atom is 0.274 e. The van der Waals surface area contributed by atoms with Crippen LogP contribution in [0.2, 0.25) is 0 Å². The maximum atomic E-state index is 12.5. The van der Waals surface area contributed by atoms with Crippen molar-refractivity contribution in [3.63, 3.8) is 0 Å². The number of hydrogen-bond donors (Lipinski definition) is 1. The van der Waals surface area contributed by atoms with E-state index in [0.29, 0.717) is 5.69 Å². The zero-order valence-electron chi connectivity index (χ0n) is 15.7. The van der Waals surface area contributed by atoms with E-state index in [1.807, 2.05) is 36.4 Å². The molecule has 3 aromatic rings. The van der Waals surface area contributed by atoms with Crippen molar-refractivity contribution < 1.29 is 4.79 Å². The van der Waals surface area contributed by atoms with Crippen LogP contribution in [0.1, 0.15) is 16.1 Å². The Hall–Kier alpha value is -3.25. The smallest absolute Gasteiger partial charge is 0.274 e. The lowest BCUT2D eigenvalue weighted by molar-refractivity contribution is 0.102. The third kappa shape index (κ3) is 4.53. The van der Waals surface area contributed by atoms with E-state index in [2.05, 4.69) is 49.4 Å². The highest BCUT2D eigenvalue weighted by Gasteiger charge is 2.19. The third-order valence-corrected chi connectivity index (χ3v) is 4.86. The first-order valence-electron chi connectivity index (χ1n) is 9.47. The molecule has 0 atom stereocenters. The molecule has 6 nitrogen and oxygen atoms in total. The molecule has 1 N–H and O–H groups in total. The standard InChI is InChI=1S/C22H23N5O/c28-22(25-19-9-5-2-6-10-19)20-15-21(24-17-23-20)27-13-11-26(12-14-27)16-18-7-3-1-4-8-18/h1-10,15,17H,11-14,16H2,(H,25,28). The van der Waals surface area contributed by atoms with Gasteiger partial charge in [0.25, 0.3) is 5.91 Å². The molecule has 0 saturated carbocycles. The molecular formula is C22H23N5O. The number of para-hydroxylation sites is 1. The van der Waals surface area contributed by atoms with Crippen molar-refractivity contribution in [3.05, 3.63) is 84.3 Å². The van der Waals surface area contributed by atoms with Crippen molar-refractivity contribution in [2.24, 2.45) is 0 Å². The topological polar surface area (TPSA) is 61.4 Å². The van der Waals surface area contributed by atoms with Gasteiger partial charge < -0.3 is 10.2 Å². The van der Waals surface area contributed by atoms with Crippen molar-refractivity contribution in [1.29, 1.82) is 0 Å². The summed E-state index contributed by atoms with van der Waals surface area (Å²) >= 11 is 0. The van der Waals surface area contributed by atoms with E-state index in [0.717, 1.165) is 44.2 Å². The van der Waals surface area contributed by atoms with E-state index in [1.54, 1.807) is 6.07 Å². The van der Waals surface area contributed by atoms with Gasteiger partial charge in [0.15, 0.2) is 0 Å². The Morgan fingerprint density at radius 3 is 2.29 bits per heavy atom. The predicted molar refractivity (Wildman–Crippen MR) is 110 cm³/mol. The maximum absolute atomic E-state index is 12.5. The molecule has 2 heterocycles. The Morgan fingerprint density at radius 2 is 1.57 bits per heavy atom. The SMILES string of the molecule is O=C(Nc1ccccc1)c1cc(N2CCN(Cc3ccccc3)CC2)ncn1. The highest BCUT2D eigenvalue weighted by molar-refractivity contribution is 6.03. The van der Waals surface area contributed by atoms with E-state index < -0.39 is 0 Å². The molecule has 1 aliphatic rings. The second-order valence-electron chi connectivity index (χ2n) is 6.83. The van der Waals surface area contributed by atoms with Gasteiger partial charge in [-0.3, -0.25) is 9.69 Å². The minimum absolute atomic E-state index is 0.224. The highest BCUT2D eigenvalue weighted by Crippen LogP contribution is 2.16. The van der Waals surface area contributed by atoms with Gasteiger partial charge in [-0.05, 0) is 17.7 Å². The minimum Gasteiger partial charge on any atom is -0.354 e. The third-order valence-electron chi connectivity index (χ3n) is 4.86. The number of amides is 1. The largest absolute Gasteiger partial charge is 0.354 e. The van der Waals surface area contributed by atoms with Gasteiger partial charge in [0, 0.05) is 44.5 Å². The van der Waals surface area contributed by atoms with Crippen molar-refractivity contribution in [2.75, 3.05) is 36.4 Å². The number of anilines is 2. The molecule has 2 aromatic carbocycles. The summed E-state index contributed by atoms with van der Waals surface area (Å²) in [5.41, 5.74) is 2.46. The number of nitrogens with one attached hydrogen (secondary N) is 1. The second kappa shape index (κ2) is 8.63. The van der Waals surface area contributed by atoms with Crippen LogP contribution in [0.5, 0.6) is 0 Å². The molecular weight excluding hydrogens is 350 g/mol. The summed E-state index contributed by atoms with van der Waals surface area (Å²) in [6.45, 7) is 4.64. The van der Waals surface area contributed by atoms with Crippen molar-refractivity contribution in [1.82, 2.24) is 14.9 Å². The number of nitrogens with zero attached hydrogens (tertiary/aromatic N) is 4. The Labute approximate surface area is 164 Å². The van der Waals surface area contributed by atoms with Gasteiger partial charge in [-0.15, -0.1) is 0 Å². The van der Waals surface area contributed by atoms with E-state index >= 15 is 0 Å². The first kappa shape index (κ1) is 18.1. The molecule has 0 spiro atoms. The molecule has 28 heavy (non-hydrogen) atoms. The molecule has 1 aromatic heterocycles. The number of aromatic nitrogens is 2. The van der Waals surface area contributed by atoms with Crippen LogP contribution in [0, 0.1) is 0 Å². The molecule has 6 heteroatoms. The molecule has 0 aliphatic carbocycles. The summed E-state index contributed by atoms with van der Waals surface area (Å²) in [5, 5.41) is 2.87. The van der Waals surface area contributed by atoms with Crippen LogP contribution in [0.15, 0.2) is 73.1 Å². The Morgan fingerprint density at radius 1 is 0.893 bits per heavy atom. The summed E-state index contributed by atoms with van der Waals surface area (Å²) < 4.78 is 0. The minimum atomic E-state index is -0.224. The van der Waals surface area contributed by atoms with Crippen LogP contribution in [-0.4, -0.2) is 47.0 Å². The van der Waals surface area contributed by atoms with Crippen molar-refractivity contribution >= 4 is 17.4 Å². The van der Waals surface area contributed by atoms with Crippen LogP contribution in [0.25, 0.3) is 0 Å². The molecule has 0 unspecified atom stereocenters. The van der Waals surface area contributed by atoms with Crippen LogP contribution < -0.4 is 10.2 Å². The fourth-order valence-corrected chi connectivity index (χ4v) is 3.34. The molecule has 1 amide bonds. The number of rotatable bonds is 5.